The number of aromatic amines is 1. The molecule has 0 saturated carbocycles. The van der Waals surface area contributed by atoms with Crippen LogP contribution in [0.1, 0.15) is 36.0 Å². The number of nitrogens with zero attached hydrogens (tertiary/aromatic N) is 1. The molecule has 0 spiro atoms. The van der Waals surface area contributed by atoms with E-state index >= 15 is 0 Å². The molecule has 0 bridgehead atoms. The number of rotatable bonds is 8. The van der Waals surface area contributed by atoms with Crippen LogP contribution >= 0.6 is 12.2 Å². The molecule has 30 heavy (non-hydrogen) atoms. The maximum Gasteiger partial charge on any atom is 0.253 e. The Kier molecular flexibility index (Phi) is 7.86. The van der Waals surface area contributed by atoms with E-state index in [0.717, 1.165) is 66.6 Å². The van der Waals surface area contributed by atoms with Crippen LogP contribution in [0.4, 0.5) is 0 Å². The smallest absolute Gasteiger partial charge is 0.253 e. The predicted molar refractivity (Wildman–Crippen MR) is 126 cm³/mol. The number of nitrogens with one attached hydrogen (secondary N) is 3. The fourth-order valence-electron chi connectivity index (χ4n) is 3.94. The number of thiocarbonyl (C=S) groups is 1. The molecule has 6 nitrogen and oxygen atoms in total. The van der Waals surface area contributed by atoms with E-state index in [0.29, 0.717) is 18.2 Å². The van der Waals surface area contributed by atoms with Gasteiger partial charge in [-0.05, 0) is 56.1 Å². The molecule has 1 atom stereocenters. The number of hydrogen-bond acceptors (Lipinski definition) is 3. The summed E-state index contributed by atoms with van der Waals surface area (Å²) in [5.41, 5.74) is 3.84. The highest BCUT2D eigenvalue weighted by atomic mass is 32.1. The lowest BCUT2D eigenvalue weighted by Gasteiger charge is -2.28. The van der Waals surface area contributed by atoms with Crippen LogP contribution < -0.4 is 15.8 Å². The minimum Gasteiger partial charge on any atom is -0.376 e. The van der Waals surface area contributed by atoms with Crippen molar-refractivity contribution in [3.8, 4) is 0 Å². The molecule has 0 radical (unpaired) electrons. The summed E-state index contributed by atoms with van der Waals surface area (Å²) < 4.78 is 5.85. The summed E-state index contributed by atoms with van der Waals surface area (Å²) in [6.07, 6.45) is 3.33. The first-order chi connectivity index (χ1) is 14.3. The topological polar surface area (TPSA) is 61.8 Å². The standard InChI is InChI=1S/C23H34N4O2S/c1-16-8-9-17(2)21-20(16)13-18(22(28)25-21)14-27(15-19-7-5-12-29-19)23(30)24-10-6-11-26(3)4/h8-9,13,19H,5-7,10-12,14-15H2,1-4H3,(H,24,30)(H,25,28)/p+1/t19-/m1/s1. The van der Waals surface area contributed by atoms with E-state index in [1.807, 2.05) is 19.1 Å². The Morgan fingerprint density at radius 1 is 1.33 bits per heavy atom. The van der Waals surface area contributed by atoms with Gasteiger partial charge in [0, 0.05) is 37.1 Å². The van der Waals surface area contributed by atoms with Crippen molar-refractivity contribution >= 4 is 28.2 Å². The number of aromatic nitrogens is 1. The Balaban J connectivity index is 1.79. The summed E-state index contributed by atoms with van der Waals surface area (Å²) in [7, 11) is 4.30. The maximum atomic E-state index is 12.8. The van der Waals surface area contributed by atoms with Crippen LogP contribution in [0.15, 0.2) is 23.0 Å². The van der Waals surface area contributed by atoms with Gasteiger partial charge >= 0.3 is 0 Å². The number of quaternary nitrogens is 1. The molecule has 164 valence electrons. The maximum absolute atomic E-state index is 12.8. The molecule has 1 saturated heterocycles. The largest absolute Gasteiger partial charge is 0.376 e. The van der Waals surface area contributed by atoms with Crippen LogP contribution in [-0.4, -0.2) is 61.4 Å². The second-order valence-corrected chi connectivity index (χ2v) is 9.06. The number of ether oxygens (including phenoxy) is 1. The Labute approximate surface area is 184 Å². The zero-order chi connectivity index (χ0) is 21.7. The summed E-state index contributed by atoms with van der Waals surface area (Å²) in [6.45, 7) is 8.00. The lowest BCUT2D eigenvalue weighted by Crippen LogP contribution is -3.05. The van der Waals surface area contributed by atoms with Crippen LogP contribution in [0.25, 0.3) is 10.9 Å². The van der Waals surface area contributed by atoms with E-state index in [2.05, 4.69) is 42.3 Å². The fraction of sp³-hybridized carbons (Fsp3) is 0.565. The van der Waals surface area contributed by atoms with Crippen molar-refractivity contribution < 1.29 is 9.64 Å². The molecular formula is C23H35N4O2S+. The number of aryl methyl sites for hydroxylation is 2. The molecule has 1 aliphatic heterocycles. The van der Waals surface area contributed by atoms with Gasteiger partial charge in [0.2, 0.25) is 0 Å². The van der Waals surface area contributed by atoms with Gasteiger partial charge in [0.25, 0.3) is 5.56 Å². The van der Waals surface area contributed by atoms with Gasteiger partial charge in [0.05, 0.1) is 38.8 Å². The molecule has 3 rings (SSSR count). The highest BCUT2D eigenvalue weighted by Crippen LogP contribution is 2.21. The molecule has 2 aromatic rings. The van der Waals surface area contributed by atoms with Gasteiger partial charge in [-0.15, -0.1) is 0 Å². The molecule has 1 fully saturated rings. The van der Waals surface area contributed by atoms with Gasteiger partial charge in [-0.2, -0.15) is 0 Å². The Morgan fingerprint density at radius 2 is 2.10 bits per heavy atom. The number of fused-ring (bicyclic) bond motifs is 1. The molecule has 2 heterocycles. The van der Waals surface area contributed by atoms with Gasteiger partial charge in [-0.25, -0.2) is 0 Å². The van der Waals surface area contributed by atoms with Gasteiger partial charge in [-0.1, -0.05) is 12.1 Å². The van der Waals surface area contributed by atoms with Gasteiger partial charge < -0.3 is 24.8 Å². The van der Waals surface area contributed by atoms with Crippen LogP contribution in [0.3, 0.4) is 0 Å². The molecule has 1 aromatic heterocycles. The number of pyridine rings is 1. The third-order valence-corrected chi connectivity index (χ3v) is 6.15. The van der Waals surface area contributed by atoms with Crippen molar-refractivity contribution in [1.29, 1.82) is 0 Å². The zero-order valence-corrected chi connectivity index (χ0v) is 19.5. The van der Waals surface area contributed by atoms with Crippen LogP contribution in [0, 0.1) is 13.8 Å². The minimum absolute atomic E-state index is 0.0486. The number of hydrogen-bond donors (Lipinski definition) is 3. The van der Waals surface area contributed by atoms with E-state index in [1.165, 1.54) is 4.90 Å². The number of H-pyrrole nitrogens is 1. The molecule has 0 amide bonds. The summed E-state index contributed by atoms with van der Waals surface area (Å²) in [6, 6.07) is 6.17. The quantitative estimate of drug-likeness (QED) is 0.437. The van der Waals surface area contributed by atoms with Gasteiger partial charge in [0.1, 0.15) is 0 Å². The Bertz CT molecular complexity index is 935. The van der Waals surface area contributed by atoms with Crippen LogP contribution in [0.5, 0.6) is 0 Å². The molecule has 0 unspecified atom stereocenters. The van der Waals surface area contributed by atoms with Crippen molar-refractivity contribution in [2.75, 3.05) is 40.3 Å². The Hall–Kier alpha value is -1.96. The average molecular weight is 432 g/mol. The van der Waals surface area contributed by atoms with Crippen molar-refractivity contribution in [1.82, 2.24) is 15.2 Å². The fourth-order valence-corrected chi connectivity index (χ4v) is 4.18. The van der Waals surface area contributed by atoms with E-state index in [4.69, 9.17) is 17.0 Å². The van der Waals surface area contributed by atoms with E-state index in [1.54, 1.807) is 0 Å². The van der Waals surface area contributed by atoms with E-state index in [-0.39, 0.29) is 11.7 Å². The molecule has 1 aliphatic rings. The first-order valence-electron chi connectivity index (χ1n) is 10.9. The van der Waals surface area contributed by atoms with Gasteiger partial charge in [-0.3, -0.25) is 4.79 Å². The van der Waals surface area contributed by atoms with Crippen molar-refractivity contribution in [2.45, 2.75) is 45.8 Å². The highest BCUT2D eigenvalue weighted by molar-refractivity contribution is 7.80. The van der Waals surface area contributed by atoms with Crippen molar-refractivity contribution in [2.24, 2.45) is 0 Å². The third kappa shape index (κ3) is 5.80. The minimum atomic E-state index is -0.0486. The first-order valence-corrected chi connectivity index (χ1v) is 11.3. The predicted octanol–water partition coefficient (Wildman–Crippen LogP) is 1.54. The lowest BCUT2D eigenvalue weighted by molar-refractivity contribution is -0.858. The second kappa shape index (κ2) is 10.4. The Morgan fingerprint density at radius 3 is 2.80 bits per heavy atom. The average Bonchev–Trinajstić information content (AvgIpc) is 3.21. The number of benzene rings is 1. The molecule has 1 aromatic carbocycles. The summed E-state index contributed by atoms with van der Waals surface area (Å²) >= 11 is 5.71. The molecular weight excluding hydrogens is 396 g/mol. The highest BCUT2D eigenvalue weighted by Gasteiger charge is 2.22. The third-order valence-electron chi connectivity index (χ3n) is 5.75. The molecule has 3 N–H and O–H groups in total. The normalized spacial score (nSPS) is 16.4. The van der Waals surface area contributed by atoms with Crippen molar-refractivity contribution in [3.63, 3.8) is 0 Å². The van der Waals surface area contributed by atoms with Crippen LogP contribution in [-0.2, 0) is 11.3 Å². The SMILES string of the molecule is Cc1ccc(C)c2[nH]c(=O)c(CN(C[C@H]3CCCO3)C(=S)NCCC[NH+](C)C)cc12. The second-order valence-electron chi connectivity index (χ2n) is 8.67. The molecule has 7 heteroatoms. The van der Waals surface area contributed by atoms with Gasteiger partial charge in [0.15, 0.2) is 5.11 Å². The van der Waals surface area contributed by atoms with E-state index in [9.17, 15) is 4.79 Å². The van der Waals surface area contributed by atoms with Crippen LogP contribution in [0.2, 0.25) is 0 Å². The first kappa shape index (κ1) is 22.7. The van der Waals surface area contributed by atoms with E-state index < -0.39 is 0 Å². The lowest BCUT2D eigenvalue weighted by atomic mass is 10.0. The monoisotopic (exact) mass is 431 g/mol. The zero-order valence-electron chi connectivity index (χ0n) is 18.6. The summed E-state index contributed by atoms with van der Waals surface area (Å²) in [4.78, 5) is 19.5. The molecule has 0 aliphatic carbocycles. The summed E-state index contributed by atoms with van der Waals surface area (Å²) in [5.74, 6) is 0. The summed E-state index contributed by atoms with van der Waals surface area (Å²) in [5, 5.41) is 5.17. The van der Waals surface area contributed by atoms with Crippen molar-refractivity contribution in [3.05, 3.63) is 45.2 Å².